The SMILES string of the molecule is O=C(Cc1cc(C(F)(F)F)cc(C(F)(F)F)c1)NC(Cc1ccc2ccccc2c1)C(=O)Nc1ccc(-c2cn3c(n2)sc2ccccc23)cc1. The summed E-state index contributed by atoms with van der Waals surface area (Å²) in [6.07, 6.45) is -9.03. The van der Waals surface area contributed by atoms with Crippen LogP contribution in [0.15, 0.2) is 115 Å². The van der Waals surface area contributed by atoms with Gasteiger partial charge in [0.2, 0.25) is 11.8 Å². The molecule has 7 rings (SSSR count). The highest BCUT2D eigenvalue weighted by Gasteiger charge is 2.37. The maximum Gasteiger partial charge on any atom is 0.416 e. The summed E-state index contributed by atoms with van der Waals surface area (Å²) in [5, 5.41) is 7.14. The van der Waals surface area contributed by atoms with Crippen molar-refractivity contribution < 1.29 is 35.9 Å². The number of imidazole rings is 1. The largest absolute Gasteiger partial charge is 0.416 e. The van der Waals surface area contributed by atoms with Gasteiger partial charge < -0.3 is 10.6 Å². The number of thiazole rings is 1. The van der Waals surface area contributed by atoms with Crippen LogP contribution in [0.4, 0.5) is 32.0 Å². The average Bonchev–Trinajstić information content (AvgIpc) is 3.66. The molecule has 5 aromatic carbocycles. The fraction of sp³-hybridized carbons (Fsp3) is 0.132. The lowest BCUT2D eigenvalue weighted by Gasteiger charge is -2.20. The minimum atomic E-state index is -5.07. The second kappa shape index (κ2) is 13.2. The molecule has 13 heteroatoms. The topological polar surface area (TPSA) is 75.5 Å². The molecule has 2 N–H and O–H groups in total. The minimum Gasteiger partial charge on any atom is -0.344 e. The Bertz CT molecular complexity index is 2380. The number of fused-ring (bicyclic) bond motifs is 4. The summed E-state index contributed by atoms with van der Waals surface area (Å²) in [5.41, 5.74) is 0.0880. The van der Waals surface area contributed by atoms with Crippen molar-refractivity contribution in [1.82, 2.24) is 14.7 Å². The van der Waals surface area contributed by atoms with Gasteiger partial charge in [-0.05, 0) is 64.4 Å². The summed E-state index contributed by atoms with van der Waals surface area (Å²) >= 11 is 1.56. The van der Waals surface area contributed by atoms with Gasteiger partial charge in [-0.1, -0.05) is 78.1 Å². The van der Waals surface area contributed by atoms with Gasteiger partial charge in [0.1, 0.15) is 6.04 Å². The number of hydrogen-bond donors (Lipinski definition) is 2. The molecule has 0 aliphatic carbocycles. The maximum absolute atomic E-state index is 13.7. The Morgan fingerprint density at radius 2 is 1.41 bits per heavy atom. The Kier molecular flexibility index (Phi) is 8.75. The number of para-hydroxylation sites is 1. The molecule has 0 radical (unpaired) electrons. The van der Waals surface area contributed by atoms with E-state index in [4.69, 9.17) is 4.98 Å². The number of anilines is 1. The summed E-state index contributed by atoms with van der Waals surface area (Å²) in [4.78, 5) is 32.4. The van der Waals surface area contributed by atoms with Gasteiger partial charge in [0, 0.05) is 23.9 Å². The zero-order valence-electron chi connectivity index (χ0n) is 26.3. The smallest absolute Gasteiger partial charge is 0.344 e. The van der Waals surface area contributed by atoms with E-state index in [0.717, 1.165) is 37.2 Å². The van der Waals surface area contributed by atoms with Crippen molar-refractivity contribution in [3.63, 3.8) is 0 Å². The van der Waals surface area contributed by atoms with Crippen molar-refractivity contribution in [2.24, 2.45) is 0 Å². The van der Waals surface area contributed by atoms with E-state index in [1.807, 2.05) is 71.3 Å². The first-order chi connectivity index (χ1) is 24.3. The summed E-state index contributed by atoms with van der Waals surface area (Å²) in [6.45, 7) is 0. The Hall–Kier alpha value is -5.69. The molecule has 0 bridgehead atoms. The third-order valence-corrected chi connectivity index (χ3v) is 9.40. The van der Waals surface area contributed by atoms with Crippen LogP contribution < -0.4 is 10.6 Å². The summed E-state index contributed by atoms with van der Waals surface area (Å²) in [7, 11) is 0. The van der Waals surface area contributed by atoms with E-state index in [1.54, 1.807) is 41.7 Å². The maximum atomic E-state index is 13.7. The van der Waals surface area contributed by atoms with E-state index in [0.29, 0.717) is 23.4 Å². The Morgan fingerprint density at radius 3 is 2.12 bits per heavy atom. The fourth-order valence-corrected chi connectivity index (χ4v) is 6.91. The monoisotopic (exact) mass is 716 g/mol. The molecule has 2 amide bonds. The molecule has 2 heterocycles. The number of rotatable bonds is 8. The van der Waals surface area contributed by atoms with Gasteiger partial charge in [-0.15, -0.1) is 0 Å². The van der Waals surface area contributed by atoms with E-state index < -0.39 is 53.3 Å². The number of benzene rings is 5. The molecule has 1 atom stereocenters. The lowest BCUT2D eigenvalue weighted by molar-refractivity contribution is -0.143. The van der Waals surface area contributed by atoms with E-state index in [-0.39, 0.29) is 12.5 Å². The number of carbonyl (C=O) groups excluding carboxylic acids is 2. The molecule has 0 saturated carbocycles. The van der Waals surface area contributed by atoms with Crippen LogP contribution in [-0.4, -0.2) is 27.2 Å². The van der Waals surface area contributed by atoms with Gasteiger partial charge in [-0.3, -0.25) is 14.0 Å². The first-order valence-electron chi connectivity index (χ1n) is 15.6. The number of halogens is 6. The van der Waals surface area contributed by atoms with Crippen molar-refractivity contribution in [3.05, 3.63) is 138 Å². The van der Waals surface area contributed by atoms with Crippen molar-refractivity contribution in [2.45, 2.75) is 31.2 Å². The van der Waals surface area contributed by atoms with Crippen LogP contribution >= 0.6 is 11.3 Å². The molecular formula is C38H26F6N4O2S. The van der Waals surface area contributed by atoms with E-state index in [1.165, 1.54) is 0 Å². The molecule has 0 fully saturated rings. The number of nitrogens with zero attached hydrogens (tertiary/aromatic N) is 2. The zero-order chi connectivity index (χ0) is 35.9. The highest BCUT2D eigenvalue weighted by molar-refractivity contribution is 7.23. The number of amides is 2. The molecule has 0 saturated heterocycles. The lowest BCUT2D eigenvalue weighted by atomic mass is 10.00. The van der Waals surface area contributed by atoms with E-state index in [9.17, 15) is 35.9 Å². The standard InChI is InChI=1S/C38H26F6N4O2S/c39-37(40,41)27-16-23(17-28(20-27)38(42,43)44)19-34(49)46-30(18-22-9-10-24-5-1-2-6-26(24)15-22)35(50)45-29-13-11-25(12-14-29)31-21-48-32-7-3-4-8-33(32)51-36(48)47-31/h1-17,20-21,30H,18-19H2,(H,45,50)(H,46,49). The summed E-state index contributed by atoms with van der Waals surface area (Å²) < 4.78 is 83.7. The molecular weight excluding hydrogens is 690 g/mol. The van der Waals surface area contributed by atoms with Crippen LogP contribution in [0.2, 0.25) is 0 Å². The number of alkyl halides is 6. The van der Waals surface area contributed by atoms with Crippen molar-refractivity contribution in [2.75, 3.05) is 5.32 Å². The number of aromatic nitrogens is 2. The van der Waals surface area contributed by atoms with Gasteiger partial charge in [0.05, 0.1) is 33.5 Å². The minimum absolute atomic E-state index is 0.000157. The predicted molar refractivity (Wildman–Crippen MR) is 184 cm³/mol. The number of nitrogens with one attached hydrogen (secondary N) is 2. The number of hydrogen-bond acceptors (Lipinski definition) is 4. The first-order valence-corrected chi connectivity index (χ1v) is 16.5. The molecule has 1 unspecified atom stereocenters. The molecule has 0 aliphatic rings. The molecule has 51 heavy (non-hydrogen) atoms. The molecule has 258 valence electrons. The molecule has 2 aromatic heterocycles. The first kappa shape index (κ1) is 33.8. The van der Waals surface area contributed by atoms with Gasteiger partial charge in [0.25, 0.3) is 0 Å². The van der Waals surface area contributed by atoms with Gasteiger partial charge in [0.15, 0.2) is 4.96 Å². The second-order valence-electron chi connectivity index (χ2n) is 12.0. The number of carbonyl (C=O) groups is 2. The second-order valence-corrected chi connectivity index (χ2v) is 13.0. The van der Waals surface area contributed by atoms with Gasteiger partial charge in [-0.25, -0.2) is 4.98 Å². The van der Waals surface area contributed by atoms with Crippen LogP contribution in [0.1, 0.15) is 22.3 Å². The molecule has 0 spiro atoms. The quantitative estimate of drug-likeness (QED) is 0.154. The average molecular weight is 717 g/mol. The van der Waals surface area contributed by atoms with Crippen molar-refractivity contribution >= 4 is 54.8 Å². The van der Waals surface area contributed by atoms with Crippen LogP contribution in [0.25, 0.3) is 37.2 Å². The van der Waals surface area contributed by atoms with Crippen LogP contribution in [0.3, 0.4) is 0 Å². The third kappa shape index (κ3) is 7.43. The lowest BCUT2D eigenvalue weighted by Crippen LogP contribution is -2.45. The van der Waals surface area contributed by atoms with Gasteiger partial charge in [-0.2, -0.15) is 26.3 Å². The van der Waals surface area contributed by atoms with Gasteiger partial charge >= 0.3 is 12.4 Å². The Morgan fingerprint density at radius 1 is 0.745 bits per heavy atom. The summed E-state index contributed by atoms with van der Waals surface area (Å²) in [6, 6.07) is 27.6. The highest BCUT2D eigenvalue weighted by Crippen LogP contribution is 2.36. The van der Waals surface area contributed by atoms with E-state index in [2.05, 4.69) is 10.6 Å². The van der Waals surface area contributed by atoms with Crippen LogP contribution in [-0.2, 0) is 34.8 Å². The summed E-state index contributed by atoms with van der Waals surface area (Å²) in [5.74, 6) is -1.55. The third-order valence-electron chi connectivity index (χ3n) is 8.37. The van der Waals surface area contributed by atoms with Crippen LogP contribution in [0, 0.1) is 0 Å². The van der Waals surface area contributed by atoms with Crippen molar-refractivity contribution in [1.29, 1.82) is 0 Å². The molecule has 7 aromatic rings. The van der Waals surface area contributed by atoms with Crippen molar-refractivity contribution in [3.8, 4) is 11.3 Å². The fourth-order valence-electron chi connectivity index (χ4n) is 5.90. The zero-order valence-corrected chi connectivity index (χ0v) is 27.2. The molecule has 0 aliphatic heterocycles. The van der Waals surface area contributed by atoms with Crippen LogP contribution in [0.5, 0.6) is 0 Å². The highest BCUT2D eigenvalue weighted by atomic mass is 32.1. The predicted octanol–water partition coefficient (Wildman–Crippen LogP) is 9.32. The normalized spacial score (nSPS) is 12.7. The Balaban J connectivity index is 1.12. The Labute approximate surface area is 290 Å². The molecule has 6 nitrogen and oxygen atoms in total. The van der Waals surface area contributed by atoms with E-state index >= 15 is 0 Å².